The van der Waals surface area contributed by atoms with Crippen molar-refractivity contribution in [2.75, 3.05) is 18.1 Å². The highest BCUT2D eigenvalue weighted by atomic mass is 127. The van der Waals surface area contributed by atoms with Crippen molar-refractivity contribution < 1.29 is 37.8 Å². The Morgan fingerprint density at radius 1 is 1.00 bits per heavy atom. The lowest BCUT2D eigenvalue weighted by Gasteiger charge is -2.26. The maximum absolute atomic E-state index is 14.1. The number of esters is 1. The number of imide groups is 2. The molecule has 4 rings (SSSR count). The lowest BCUT2D eigenvalue weighted by molar-refractivity contribution is -0.122. The van der Waals surface area contributed by atoms with E-state index in [9.17, 15) is 23.6 Å². The van der Waals surface area contributed by atoms with Crippen LogP contribution in [-0.4, -0.2) is 37.0 Å². The van der Waals surface area contributed by atoms with Crippen LogP contribution in [0.15, 0.2) is 66.2 Å². The Kier molecular flexibility index (Phi) is 9.15. The fraction of sp³-hybridized carbons (Fsp3) is 0.172. The fourth-order valence-electron chi connectivity index (χ4n) is 3.86. The molecule has 0 saturated carbocycles. The van der Waals surface area contributed by atoms with Crippen molar-refractivity contribution in [2.45, 2.75) is 20.5 Å². The Labute approximate surface area is 243 Å². The molecule has 0 atom stereocenters. The topological polar surface area (TPSA) is 111 Å². The number of carbonyl (C=O) groups is 4. The van der Waals surface area contributed by atoms with Gasteiger partial charge in [0.05, 0.1) is 28.0 Å². The van der Waals surface area contributed by atoms with Gasteiger partial charge in [-0.15, -0.1) is 0 Å². The van der Waals surface area contributed by atoms with Crippen LogP contribution in [0.25, 0.3) is 6.08 Å². The monoisotopic (exact) mass is 658 g/mol. The fourth-order valence-corrected chi connectivity index (χ4v) is 4.64. The molecular formula is C29H24FIN2O7. The Bertz CT molecular complexity index is 1500. The number of nitrogens with one attached hydrogen (secondary N) is 1. The summed E-state index contributed by atoms with van der Waals surface area (Å²) in [7, 11) is 0. The number of nitrogens with zero attached hydrogens (tertiary/aromatic N) is 1. The molecule has 40 heavy (non-hydrogen) atoms. The Hall–Kier alpha value is -4.26. The average molecular weight is 658 g/mol. The summed E-state index contributed by atoms with van der Waals surface area (Å²) in [6.45, 7) is 3.93. The molecule has 0 aliphatic carbocycles. The van der Waals surface area contributed by atoms with E-state index in [1.54, 1.807) is 44.2 Å². The van der Waals surface area contributed by atoms with Crippen LogP contribution in [-0.2, 0) is 20.9 Å². The first-order valence-electron chi connectivity index (χ1n) is 12.2. The summed E-state index contributed by atoms with van der Waals surface area (Å²) in [6.07, 6.45) is 1.34. The molecule has 1 aliphatic rings. The van der Waals surface area contributed by atoms with Crippen LogP contribution in [0, 0.1) is 9.39 Å². The second-order valence-corrected chi connectivity index (χ2v) is 9.53. The van der Waals surface area contributed by atoms with Crippen LogP contribution in [0.2, 0.25) is 0 Å². The molecule has 3 aromatic carbocycles. The molecular weight excluding hydrogens is 634 g/mol. The van der Waals surface area contributed by atoms with Crippen LogP contribution in [0.1, 0.15) is 35.3 Å². The molecule has 0 unspecified atom stereocenters. The van der Waals surface area contributed by atoms with Crippen molar-refractivity contribution in [3.05, 3.63) is 92.3 Å². The lowest BCUT2D eigenvalue weighted by Crippen LogP contribution is -2.54. The number of halogens is 2. The van der Waals surface area contributed by atoms with Gasteiger partial charge in [0.1, 0.15) is 18.0 Å². The van der Waals surface area contributed by atoms with E-state index in [0.717, 1.165) is 4.90 Å². The molecule has 1 N–H and O–H groups in total. The molecule has 206 valence electrons. The Morgan fingerprint density at radius 2 is 1.73 bits per heavy atom. The number of hydrogen-bond donors (Lipinski definition) is 1. The molecule has 1 aliphatic heterocycles. The van der Waals surface area contributed by atoms with Crippen molar-refractivity contribution in [3.63, 3.8) is 0 Å². The quantitative estimate of drug-likeness (QED) is 0.145. The number of rotatable bonds is 9. The number of carbonyl (C=O) groups excluding carboxylic acids is 4. The Morgan fingerprint density at radius 3 is 2.40 bits per heavy atom. The predicted molar refractivity (Wildman–Crippen MR) is 152 cm³/mol. The van der Waals surface area contributed by atoms with Crippen molar-refractivity contribution in [3.8, 4) is 11.5 Å². The largest absolute Gasteiger partial charge is 0.490 e. The van der Waals surface area contributed by atoms with Crippen LogP contribution in [0.5, 0.6) is 11.5 Å². The Balaban J connectivity index is 1.63. The maximum Gasteiger partial charge on any atom is 0.338 e. The first-order valence-corrected chi connectivity index (χ1v) is 13.3. The zero-order valence-corrected chi connectivity index (χ0v) is 23.7. The zero-order valence-electron chi connectivity index (χ0n) is 21.5. The van der Waals surface area contributed by atoms with E-state index >= 15 is 0 Å². The van der Waals surface area contributed by atoms with Crippen LogP contribution >= 0.6 is 22.6 Å². The highest BCUT2D eigenvalue weighted by Gasteiger charge is 2.37. The van der Waals surface area contributed by atoms with E-state index in [4.69, 9.17) is 14.2 Å². The van der Waals surface area contributed by atoms with Crippen molar-refractivity contribution in [1.29, 1.82) is 0 Å². The predicted octanol–water partition coefficient (Wildman–Crippen LogP) is 5.25. The molecule has 4 amide bonds. The first kappa shape index (κ1) is 28.7. The number of urea groups is 1. The van der Waals surface area contributed by atoms with Gasteiger partial charge < -0.3 is 14.2 Å². The van der Waals surface area contributed by atoms with Gasteiger partial charge in [-0.2, -0.15) is 0 Å². The lowest BCUT2D eigenvalue weighted by atomic mass is 10.1. The summed E-state index contributed by atoms with van der Waals surface area (Å²) in [6, 6.07) is 14.3. The second kappa shape index (κ2) is 12.7. The highest BCUT2D eigenvalue weighted by Crippen LogP contribution is 2.36. The number of barbiturate groups is 1. The van der Waals surface area contributed by atoms with Gasteiger partial charge in [-0.25, -0.2) is 18.9 Å². The first-order chi connectivity index (χ1) is 19.2. The molecule has 0 spiro atoms. The summed E-state index contributed by atoms with van der Waals surface area (Å²) in [5.74, 6) is -1.92. The standard InChI is InChI=1S/C29H24FIN2O7/c1-3-38-24-15-17(14-23(31)25(24)40-16-19-7-5-6-8-22(19)30)13-21-26(34)32-29(37)33(27(21)35)20-11-9-18(10-12-20)28(36)39-4-2/h5-15H,3-4,16H2,1-2H3,(H,32,34,37)/b21-13+. The van der Waals surface area contributed by atoms with Crippen molar-refractivity contribution in [2.24, 2.45) is 0 Å². The van der Waals surface area contributed by atoms with Gasteiger partial charge in [0, 0.05) is 5.56 Å². The molecule has 9 nitrogen and oxygen atoms in total. The van der Waals surface area contributed by atoms with E-state index in [1.165, 1.54) is 36.4 Å². The van der Waals surface area contributed by atoms with Gasteiger partial charge in [-0.05, 0) is 90.5 Å². The minimum atomic E-state index is -0.919. The summed E-state index contributed by atoms with van der Waals surface area (Å²) in [5.41, 5.74) is 0.938. The normalized spacial score (nSPS) is 14.2. The smallest absolute Gasteiger partial charge is 0.338 e. The minimum absolute atomic E-state index is 0.0316. The molecule has 0 radical (unpaired) electrons. The number of anilines is 1. The van der Waals surface area contributed by atoms with E-state index in [-0.39, 0.29) is 30.0 Å². The number of ether oxygens (including phenoxy) is 3. The van der Waals surface area contributed by atoms with E-state index in [1.807, 2.05) is 22.6 Å². The van der Waals surface area contributed by atoms with Crippen LogP contribution < -0.4 is 19.7 Å². The van der Waals surface area contributed by atoms with E-state index in [2.05, 4.69) is 5.32 Å². The summed E-state index contributed by atoms with van der Waals surface area (Å²) >= 11 is 2.02. The number of hydrogen-bond acceptors (Lipinski definition) is 7. The molecule has 1 saturated heterocycles. The third-order valence-corrected chi connectivity index (χ3v) is 6.51. The average Bonchev–Trinajstić information content (AvgIpc) is 2.92. The summed E-state index contributed by atoms with van der Waals surface area (Å²) in [4.78, 5) is 51.3. The number of benzene rings is 3. The van der Waals surface area contributed by atoms with Crippen LogP contribution in [0.4, 0.5) is 14.9 Å². The van der Waals surface area contributed by atoms with Crippen LogP contribution in [0.3, 0.4) is 0 Å². The summed E-state index contributed by atoms with van der Waals surface area (Å²) in [5, 5.41) is 2.17. The zero-order chi connectivity index (χ0) is 28.8. The third kappa shape index (κ3) is 6.30. The number of amides is 4. The molecule has 0 aromatic heterocycles. The second-order valence-electron chi connectivity index (χ2n) is 8.37. The van der Waals surface area contributed by atoms with E-state index in [0.29, 0.717) is 32.8 Å². The van der Waals surface area contributed by atoms with Gasteiger partial charge in [0.2, 0.25) is 0 Å². The third-order valence-electron chi connectivity index (χ3n) is 5.71. The maximum atomic E-state index is 14.1. The van der Waals surface area contributed by atoms with Gasteiger partial charge in [-0.3, -0.25) is 14.9 Å². The van der Waals surface area contributed by atoms with Gasteiger partial charge >= 0.3 is 12.0 Å². The molecule has 1 fully saturated rings. The summed E-state index contributed by atoms with van der Waals surface area (Å²) < 4.78 is 31.2. The van der Waals surface area contributed by atoms with E-state index < -0.39 is 29.6 Å². The van der Waals surface area contributed by atoms with Crippen molar-refractivity contribution >= 4 is 58.2 Å². The van der Waals surface area contributed by atoms with Gasteiger partial charge in [0.25, 0.3) is 11.8 Å². The molecule has 11 heteroatoms. The highest BCUT2D eigenvalue weighted by molar-refractivity contribution is 14.1. The SMILES string of the molecule is CCOC(=O)c1ccc(N2C(=O)NC(=O)/C(=C\c3cc(I)c(OCc4ccccc4F)c(OCC)c3)C2=O)cc1. The minimum Gasteiger partial charge on any atom is -0.490 e. The molecule has 0 bridgehead atoms. The molecule has 1 heterocycles. The molecule has 3 aromatic rings. The van der Waals surface area contributed by atoms with Gasteiger partial charge in [0.15, 0.2) is 11.5 Å². The van der Waals surface area contributed by atoms with Gasteiger partial charge in [-0.1, -0.05) is 18.2 Å². The van der Waals surface area contributed by atoms with Crippen molar-refractivity contribution in [1.82, 2.24) is 5.32 Å².